The highest BCUT2D eigenvalue weighted by molar-refractivity contribution is 6.11. The van der Waals surface area contributed by atoms with Gasteiger partial charge in [-0.1, -0.05) is 36.4 Å². The molecule has 4 rings (SSSR count). The van der Waals surface area contributed by atoms with Gasteiger partial charge in [0.1, 0.15) is 0 Å². The number of nitrogens with zero attached hydrogens (tertiary/aromatic N) is 1. The number of carbonyl (C=O) groups is 2. The molecule has 1 aromatic rings. The van der Waals surface area contributed by atoms with Crippen molar-refractivity contribution in [2.75, 3.05) is 0 Å². The number of hydrogen-bond acceptors (Lipinski definition) is 2. The van der Waals surface area contributed by atoms with Gasteiger partial charge in [-0.3, -0.25) is 9.59 Å². The van der Waals surface area contributed by atoms with Gasteiger partial charge in [0.2, 0.25) is 0 Å². The Morgan fingerprint density at radius 3 is 2.88 bits per heavy atom. The van der Waals surface area contributed by atoms with E-state index in [9.17, 15) is 9.59 Å². The predicted octanol–water partition coefficient (Wildman–Crippen LogP) is 2.88. The fraction of sp³-hybridized carbons (Fsp3) is 0.250. The van der Waals surface area contributed by atoms with Crippen LogP contribution >= 0.6 is 0 Å². The van der Waals surface area contributed by atoms with Crippen LogP contribution in [0.15, 0.2) is 70.4 Å². The molecule has 1 unspecified atom stereocenters. The zero-order valence-electron chi connectivity index (χ0n) is 13.3. The molecule has 2 aliphatic carbocycles. The molecule has 0 radical (unpaired) electrons. The average Bonchev–Trinajstić information content (AvgIpc) is 3.06. The molecule has 1 aromatic carbocycles. The number of carbonyl (C=O) groups excluding carboxylic acids is 2. The molecule has 0 aromatic heterocycles. The van der Waals surface area contributed by atoms with E-state index in [4.69, 9.17) is 0 Å². The lowest BCUT2D eigenvalue weighted by Gasteiger charge is -2.28. The molecule has 24 heavy (non-hydrogen) atoms. The smallest absolute Gasteiger partial charge is 0.251 e. The summed E-state index contributed by atoms with van der Waals surface area (Å²) in [6, 6.07) is 9.57. The first kappa shape index (κ1) is 14.8. The Kier molecular flexibility index (Phi) is 3.73. The fourth-order valence-electron chi connectivity index (χ4n) is 3.61. The minimum atomic E-state index is -0.181. The maximum Gasteiger partial charge on any atom is 0.251 e. The maximum atomic E-state index is 12.2. The molecular weight excluding hydrogens is 300 g/mol. The third kappa shape index (κ3) is 2.75. The first-order valence-electron chi connectivity index (χ1n) is 8.29. The molecule has 1 N–H and O–H groups in total. The fourth-order valence-corrected chi connectivity index (χ4v) is 3.61. The van der Waals surface area contributed by atoms with E-state index in [2.05, 4.69) is 10.3 Å². The molecule has 0 bridgehead atoms. The number of amides is 2. The van der Waals surface area contributed by atoms with Crippen LogP contribution < -0.4 is 5.32 Å². The average molecular weight is 318 g/mol. The Morgan fingerprint density at radius 1 is 1.21 bits per heavy atom. The molecule has 1 aliphatic heterocycles. The van der Waals surface area contributed by atoms with Crippen molar-refractivity contribution in [1.82, 2.24) is 5.32 Å². The molecule has 1 heterocycles. The van der Waals surface area contributed by atoms with E-state index in [1.165, 1.54) is 5.57 Å². The number of hydrogen-bond donors (Lipinski definition) is 1. The van der Waals surface area contributed by atoms with Crippen LogP contribution in [0.3, 0.4) is 0 Å². The summed E-state index contributed by atoms with van der Waals surface area (Å²) in [5.74, 6) is -0.0299. The SMILES string of the molecule is O=C(Cc1ccccc1)N=C1C=CC2C(=C1)NC(=O)C1=C2CCC1. The highest BCUT2D eigenvalue weighted by Gasteiger charge is 2.34. The van der Waals surface area contributed by atoms with Crippen LogP contribution in [-0.2, 0) is 16.0 Å². The van der Waals surface area contributed by atoms with Crippen LogP contribution in [0, 0.1) is 5.92 Å². The van der Waals surface area contributed by atoms with Crippen LogP contribution in [0.25, 0.3) is 0 Å². The van der Waals surface area contributed by atoms with Crippen molar-refractivity contribution < 1.29 is 9.59 Å². The minimum Gasteiger partial charge on any atom is -0.325 e. The lowest BCUT2D eigenvalue weighted by Crippen LogP contribution is -2.35. The molecule has 3 aliphatic rings. The van der Waals surface area contributed by atoms with Crippen molar-refractivity contribution in [3.63, 3.8) is 0 Å². The Balaban J connectivity index is 1.54. The summed E-state index contributed by atoms with van der Waals surface area (Å²) in [5, 5.41) is 2.96. The van der Waals surface area contributed by atoms with E-state index in [0.717, 1.165) is 36.1 Å². The van der Waals surface area contributed by atoms with Gasteiger partial charge in [-0.15, -0.1) is 0 Å². The second-order valence-corrected chi connectivity index (χ2v) is 6.34. The monoisotopic (exact) mass is 318 g/mol. The Morgan fingerprint density at radius 2 is 2.04 bits per heavy atom. The maximum absolute atomic E-state index is 12.2. The predicted molar refractivity (Wildman–Crippen MR) is 92.3 cm³/mol. The summed E-state index contributed by atoms with van der Waals surface area (Å²) in [6.45, 7) is 0. The van der Waals surface area contributed by atoms with E-state index >= 15 is 0 Å². The van der Waals surface area contributed by atoms with Crippen molar-refractivity contribution in [1.29, 1.82) is 0 Å². The quantitative estimate of drug-likeness (QED) is 0.911. The van der Waals surface area contributed by atoms with E-state index in [0.29, 0.717) is 5.71 Å². The summed E-state index contributed by atoms with van der Waals surface area (Å²) >= 11 is 0. The van der Waals surface area contributed by atoms with Gasteiger partial charge in [-0.2, -0.15) is 0 Å². The molecule has 4 nitrogen and oxygen atoms in total. The second kappa shape index (κ2) is 6.04. The summed E-state index contributed by atoms with van der Waals surface area (Å²) in [4.78, 5) is 28.5. The van der Waals surface area contributed by atoms with Crippen LogP contribution in [0.1, 0.15) is 24.8 Å². The number of aliphatic imine (C=N–C) groups is 1. The van der Waals surface area contributed by atoms with E-state index in [1.807, 2.05) is 48.6 Å². The molecule has 4 heteroatoms. The summed E-state index contributed by atoms with van der Waals surface area (Å²) in [6.07, 6.45) is 8.94. The van der Waals surface area contributed by atoms with E-state index < -0.39 is 0 Å². The molecular formula is C20H18N2O2. The first-order valence-corrected chi connectivity index (χ1v) is 8.29. The lowest BCUT2D eigenvalue weighted by molar-refractivity contribution is -0.118. The van der Waals surface area contributed by atoms with Gasteiger partial charge in [-0.05, 0) is 42.6 Å². The summed E-state index contributed by atoms with van der Waals surface area (Å²) in [7, 11) is 0. The number of rotatable bonds is 2. The number of benzene rings is 1. The van der Waals surface area contributed by atoms with Crippen LogP contribution in [0.5, 0.6) is 0 Å². The molecule has 2 amide bonds. The molecule has 0 spiro atoms. The van der Waals surface area contributed by atoms with Gasteiger partial charge in [0.05, 0.1) is 12.1 Å². The van der Waals surface area contributed by atoms with Gasteiger partial charge in [0, 0.05) is 17.2 Å². The molecule has 1 atom stereocenters. The van der Waals surface area contributed by atoms with Crippen molar-refractivity contribution in [3.8, 4) is 0 Å². The summed E-state index contributed by atoms with van der Waals surface area (Å²) < 4.78 is 0. The molecule has 0 fully saturated rings. The zero-order chi connectivity index (χ0) is 16.5. The molecule has 0 saturated carbocycles. The first-order chi connectivity index (χ1) is 11.7. The number of allylic oxidation sites excluding steroid dienone is 3. The van der Waals surface area contributed by atoms with E-state index in [-0.39, 0.29) is 24.2 Å². The van der Waals surface area contributed by atoms with Crippen LogP contribution in [0.4, 0.5) is 0 Å². The standard InChI is InChI=1S/C20H18N2O2/c23-19(11-13-5-2-1-3-6-13)21-14-9-10-16-15-7-4-8-17(15)20(24)22-18(16)12-14/h1-3,5-6,9-10,12,16H,4,7-8,11H2,(H,22,24). The third-order valence-electron chi connectivity index (χ3n) is 4.72. The second-order valence-electron chi connectivity index (χ2n) is 6.34. The van der Waals surface area contributed by atoms with Gasteiger partial charge < -0.3 is 5.32 Å². The van der Waals surface area contributed by atoms with Crippen LogP contribution in [0.2, 0.25) is 0 Å². The summed E-state index contributed by atoms with van der Waals surface area (Å²) in [5.41, 5.74) is 4.57. The third-order valence-corrected chi connectivity index (χ3v) is 4.72. The van der Waals surface area contributed by atoms with Gasteiger partial charge in [0.25, 0.3) is 11.8 Å². The van der Waals surface area contributed by atoms with Crippen molar-refractivity contribution in [3.05, 3.63) is 71.0 Å². The Bertz CT molecular complexity index is 828. The van der Waals surface area contributed by atoms with Gasteiger partial charge in [0.15, 0.2) is 0 Å². The number of nitrogens with one attached hydrogen (secondary N) is 1. The lowest BCUT2D eigenvalue weighted by atomic mass is 9.85. The van der Waals surface area contributed by atoms with Crippen molar-refractivity contribution in [2.45, 2.75) is 25.7 Å². The van der Waals surface area contributed by atoms with E-state index in [1.54, 1.807) is 0 Å². The highest BCUT2D eigenvalue weighted by Crippen LogP contribution is 2.39. The van der Waals surface area contributed by atoms with Gasteiger partial charge in [-0.25, -0.2) is 4.99 Å². The Labute approximate surface area is 140 Å². The normalized spacial score (nSPS) is 23.7. The van der Waals surface area contributed by atoms with Crippen LogP contribution in [-0.4, -0.2) is 17.5 Å². The highest BCUT2D eigenvalue weighted by atomic mass is 16.2. The van der Waals surface area contributed by atoms with Gasteiger partial charge >= 0.3 is 0 Å². The Hall–Kier alpha value is -2.75. The van der Waals surface area contributed by atoms with Crippen molar-refractivity contribution in [2.24, 2.45) is 10.9 Å². The molecule has 0 saturated heterocycles. The largest absolute Gasteiger partial charge is 0.325 e. The molecule has 120 valence electrons. The minimum absolute atomic E-state index is 0.00950. The van der Waals surface area contributed by atoms with Crippen molar-refractivity contribution >= 4 is 17.5 Å². The number of fused-ring (bicyclic) bond motifs is 2. The topological polar surface area (TPSA) is 58.5 Å². The zero-order valence-corrected chi connectivity index (χ0v) is 13.3.